The first-order valence-corrected chi connectivity index (χ1v) is 8.31. The summed E-state index contributed by atoms with van der Waals surface area (Å²) < 4.78 is 0. The molecule has 2 nitrogen and oxygen atoms in total. The third kappa shape index (κ3) is 2.88. The van der Waals surface area contributed by atoms with Gasteiger partial charge in [-0.2, -0.15) is 0 Å². The Bertz CT molecular complexity index is 385. The Morgan fingerprint density at radius 2 is 1.53 bits per heavy atom. The molecule has 0 spiro atoms. The fourth-order valence-electron chi connectivity index (χ4n) is 3.76. The van der Waals surface area contributed by atoms with Crippen LogP contribution in [0.5, 0.6) is 0 Å². The Kier molecular flexibility index (Phi) is 3.95. The number of hydrogen-bond acceptors (Lipinski definition) is 1. The van der Waals surface area contributed by atoms with Crippen molar-refractivity contribution < 1.29 is 0 Å². The van der Waals surface area contributed by atoms with Crippen molar-refractivity contribution in [2.24, 2.45) is 11.8 Å². The third-order valence-corrected chi connectivity index (χ3v) is 5.39. The summed E-state index contributed by atoms with van der Waals surface area (Å²) in [6.45, 7) is 4.75. The molecule has 106 valence electrons. The van der Waals surface area contributed by atoms with Gasteiger partial charge in [-0.1, -0.05) is 46.0 Å². The minimum atomic E-state index is 0.705. The van der Waals surface area contributed by atoms with E-state index in [-0.39, 0.29) is 0 Å². The average Bonchev–Trinajstić information content (AvgIpc) is 2.72. The van der Waals surface area contributed by atoms with Gasteiger partial charge in [-0.25, -0.2) is 4.98 Å². The second-order valence-corrected chi connectivity index (χ2v) is 6.95. The molecule has 1 fully saturated rings. The lowest BCUT2D eigenvalue weighted by molar-refractivity contribution is 0.355. The van der Waals surface area contributed by atoms with Gasteiger partial charge >= 0.3 is 0 Å². The molecule has 19 heavy (non-hydrogen) atoms. The molecule has 2 unspecified atom stereocenters. The van der Waals surface area contributed by atoms with Crippen LogP contribution in [0.3, 0.4) is 0 Å². The summed E-state index contributed by atoms with van der Waals surface area (Å²) >= 11 is 0. The maximum Gasteiger partial charge on any atom is 0.109 e. The number of aromatic nitrogens is 2. The summed E-state index contributed by atoms with van der Waals surface area (Å²) in [6.07, 6.45) is 12.1. The lowest BCUT2D eigenvalue weighted by Crippen LogP contribution is -2.20. The van der Waals surface area contributed by atoms with E-state index in [2.05, 4.69) is 18.8 Å². The van der Waals surface area contributed by atoms with Gasteiger partial charge in [0.15, 0.2) is 0 Å². The van der Waals surface area contributed by atoms with Gasteiger partial charge in [0, 0.05) is 11.6 Å². The summed E-state index contributed by atoms with van der Waals surface area (Å²) in [5.41, 5.74) is 2.82. The van der Waals surface area contributed by atoms with E-state index in [1.165, 1.54) is 75.0 Å². The van der Waals surface area contributed by atoms with Crippen LogP contribution in [0.4, 0.5) is 0 Å². The normalized spacial score (nSPS) is 29.6. The standard InChI is InChI=1S/C17H28N2/c1-12-10-15-16(11-13(12)2)19-17(18-15)14-8-6-4-3-5-7-9-14/h12-14H,3-11H2,1-2H3,(H,18,19). The third-order valence-electron chi connectivity index (χ3n) is 5.39. The highest BCUT2D eigenvalue weighted by Gasteiger charge is 2.26. The lowest BCUT2D eigenvalue weighted by Gasteiger charge is -2.24. The van der Waals surface area contributed by atoms with Crippen LogP contribution in [0, 0.1) is 11.8 Å². The molecule has 1 aromatic heterocycles. The van der Waals surface area contributed by atoms with E-state index in [1.54, 1.807) is 0 Å². The first-order valence-electron chi connectivity index (χ1n) is 8.31. The van der Waals surface area contributed by atoms with Crippen LogP contribution in [0.25, 0.3) is 0 Å². The molecule has 0 aromatic carbocycles. The number of aromatic amines is 1. The SMILES string of the molecule is CC1Cc2nc(C3CCCCCCC3)[nH]c2CC1C. The molecule has 2 aliphatic carbocycles. The predicted octanol–water partition coefficient (Wildman–Crippen LogP) is 4.61. The highest BCUT2D eigenvalue weighted by atomic mass is 14.9. The molecule has 2 heteroatoms. The van der Waals surface area contributed by atoms with Crippen molar-refractivity contribution >= 4 is 0 Å². The smallest absolute Gasteiger partial charge is 0.109 e. The van der Waals surface area contributed by atoms with Crippen LogP contribution in [-0.2, 0) is 12.8 Å². The maximum absolute atomic E-state index is 4.98. The lowest BCUT2D eigenvalue weighted by atomic mass is 9.82. The van der Waals surface area contributed by atoms with E-state index >= 15 is 0 Å². The zero-order chi connectivity index (χ0) is 13.2. The van der Waals surface area contributed by atoms with Crippen LogP contribution in [0.1, 0.15) is 81.9 Å². The molecule has 1 heterocycles. The minimum absolute atomic E-state index is 0.705. The summed E-state index contributed by atoms with van der Waals surface area (Å²) in [7, 11) is 0. The maximum atomic E-state index is 4.98. The molecular formula is C17H28N2. The molecule has 1 saturated carbocycles. The number of H-pyrrole nitrogens is 1. The topological polar surface area (TPSA) is 28.7 Å². The highest BCUT2D eigenvalue weighted by Crippen LogP contribution is 2.33. The molecule has 1 aromatic rings. The molecule has 0 saturated heterocycles. The molecule has 2 atom stereocenters. The first-order chi connectivity index (χ1) is 9.24. The van der Waals surface area contributed by atoms with Gasteiger partial charge in [-0.3, -0.25) is 0 Å². The number of nitrogens with one attached hydrogen (secondary N) is 1. The van der Waals surface area contributed by atoms with E-state index in [0.717, 1.165) is 11.8 Å². The largest absolute Gasteiger partial charge is 0.345 e. The Morgan fingerprint density at radius 1 is 0.895 bits per heavy atom. The van der Waals surface area contributed by atoms with Crippen LogP contribution in [0.15, 0.2) is 0 Å². The molecule has 0 bridgehead atoms. The van der Waals surface area contributed by atoms with E-state index in [4.69, 9.17) is 4.98 Å². The highest BCUT2D eigenvalue weighted by molar-refractivity contribution is 5.21. The zero-order valence-corrected chi connectivity index (χ0v) is 12.5. The molecule has 2 aliphatic rings. The number of nitrogens with zero attached hydrogens (tertiary/aromatic N) is 1. The van der Waals surface area contributed by atoms with E-state index < -0.39 is 0 Å². The molecule has 0 amide bonds. The van der Waals surface area contributed by atoms with E-state index in [9.17, 15) is 0 Å². The van der Waals surface area contributed by atoms with Gasteiger partial charge in [0.2, 0.25) is 0 Å². The first kappa shape index (κ1) is 13.2. The van der Waals surface area contributed by atoms with Gasteiger partial charge in [0.25, 0.3) is 0 Å². The number of fused-ring (bicyclic) bond motifs is 1. The average molecular weight is 260 g/mol. The number of rotatable bonds is 1. The van der Waals surface area contributed by atoms with E-state index in [0.29, 0.717) is 5.92 Å². The summed E-state index contributed by atoms with van der Waals surface area (Å²) in [4.78, 5) is 8.67. The fraction of sp³-hybridized carbons (Fsp3) is 0.824. The van der Waals surface area contributed by atoms with Crippen LogP contribution >= 0.6 is 0 Å². The second-order valence-electron chi connectivity index (χ2n) is 6.95. The van der Waals surface area contributed by atoms with Crippen molar-refractivity contribution in [1.82, 2.24) is 9.97 Å². The monoisotopic (exact) mass is 260 g/mol. The van der Waals surface area contributed by atoms with Crippen molar-refractivity contribution in [3.05, 3.63) is 17.2 Å². The van der Waals surface area contributed by atoms with Gasteiger partial charge in [-0.05, 0) is 37.5 Å². The van der Waals surface area contributed by atoms with Crippen LogP contribution in [-0.4, -0.2) is 9.97 Å². The van der Waals surface area contributed by atoms with Crippen molar-refractivity contribution in [3.8, 4) is 0 Å². The van der Waals surface area contributed by atoms with Gasteiger partial charge in [0.1, 0.15) is 5.82 Å². The van der Waals surface area contributed by atoms with E-state index in [1.807, 2.05) is 0 Å². The predicted molar refractivity (Wildman–Crippen MR) is 79.4 cm³/mol. The molecule has 0 aliphatic heterocycles. The Morgan fingerprint density at radius 3 is 2.26 bits per heavy atom. The molecule has 3 rings (SSSR count). The van der Waals surface area contributed by atoms with Crippen molar-refractivity contribution in [2.45, 2.75) is 77.6 Å². The zero-order valence-electron chi connectivity index (χ0n) is 12.5. The molecular weight excluding hydrogens is 232 g/mol. The molecule has 1 N–H and O–H groups in total. The van der Waals surface area contributed by atoms with Crippen LogP contribution < -0.4 is 0 Å². The summed E-state index contributed by atoms with van der Waals surface area (Å²) in [6, 6.07) is 0. The van der Waals surface area contributed by atoms with Gasteiger partial charge in [-0.15, -0.1) is 0 Å². The Labute approximate surface area is 117 Å². The second kappa shape index (κ2) is 5.68. The minimum Gasteiger partial charge on any atom is -0.345 e. The molecule has 0 radical (unpaired) electrons. The quantitative estimate of drug-likeness (QED) is 0.785. The van der Waals surface area contributed by atoms with Gasteiger partial charge in [0.05, 0.1) is 5.69 Å². The fourth-order valence-corrected chi connectivity index (χ4v) is 3.76. The van der Waals surface area contributed by atoms with Crippen molar-refractivity contribution in [1.29, 1.82) is 0 Å². The van der Waals surface area contributed by atoms with Crippen molar-refractivity contribution in [2.75, 3.05) is 0 Å². The number of imidazole rings is 1. The Balaban J connectivity index is 1.76. The van der Waals surface area contributed by atoms with Crippen molar-refractivity contribution in [3.63, 3.8) is 0 Å². The summed E-state index contributed by atoms with van der Waals surface area (Å²) in [5, 5.41) is 0. The van der Waals surface area contributed by atoms with Crippen LogP contribution in [0.2, 0.25) is 0 Å². The van der Waals surface area contributed by atoms with Gasteiger partial charge < -0.3 is 4.98 Å². The summed E-state index contributed by atoms with van der Waals surface area (Å²) in [5.74, 6) is 3.61. The Hall–Kier alpha value is -0.790. The number of hydrogen-bond donors (Lipinski definition) is 1.